The van der Waals surface area contributed by atoms with Crippen LogP contribution in [0.25, 0.3) is 32.7 Å². The van der Waals surface area contributed by atoms with Crippen molar-refractivity contribution in [2.24, 2.45) is 5.41 Å². The van der Waals surface area contributed by atoms with Crippen LogP contribution in [0.1, 0.15) is 27.2 Å². The normalized spacial score (nSPS) is 15.7. The zero-order chi connectivity index (χ0) is 22.5. The van der Waals surface area contributed by atoms with E-state index in [1.807, 2.05) is 6.08 Å². The zero-order valence-electron chi connectivity index (χ0n) is 18.7. The molecule has 0 radical (unpaired) electrons. The second-order valence-corrected chi connectivity index (χ2v) is 14.7. The van der Waals surface area contributed by atoms with E-state index in [1.165, 1.54) is 21.5 Å². The van der Waals surface area contributed by atoms with Crippen molar-refractivity contribution in [3.63, 3.8) is 0 Å². The molecule has 1 aliphatic rings. The van der Waals surface area contributed by atoms with E-state index < -0.39 is 5.96 Å². The molecule has 4 aromatic rings. The van der Waals surface area contributed by atoms with Gasteiger partial charge in [-0.25, -0.2) is 0 Å². The van der Waals surface area contributed by atoms with Crippen molar-refractivity contribution < 1.29 is 9.05 Å². The fourth-order valence-corrected chi connectivity index (χ4v) is 10.7. The Balaban J connectivity index is 1.88. The number of fused-ring (bicyclic) bond motifs is 7. The molecule has 0 saturated carbocycles. The fourth-order valence-electron chi connectivity index (χ4n) is 4.71. The summed E-state index contributed by atoms with van der Waals surface area (Å²) in [5.41, 5.74) is 2.35. The Kier molecular flexibility index (Phi) is 5.33. The number of benzene rings is 4. The standard InChI is InChI=1S/C28H27O2PSe/c1-5-10-25(28(2,3)4)31(32)29-23-17-15-19-11-6-8-13-21(19)26(23)27-22-14-9-7-12-20(22)16-18-24(27)30-31/h5-9,11-18,25H,1,10H2,2-4H3/t25-/m0/s1. The van der Waals surface area contributed by atoms with Crippen LogP contribution in [-0.4, -0.2) is 20.8 Å². The first-order chi connectivity index (χ1) is 15.3. The van der Waals surface area contributed by atoms with Gasteiger partial charge in [-0.2, -0.15) is 0 Å². The maximum absolute atomic E-state index is 6.91. The van der Waals surface area contributed by atoms with Crippen LogP contribution in [-0.2, 0) is 0 Å². The van der Waals surface area contributed by atoms with Crippen LogP contribution in [0.2, 0.25) is 0 Å². The fraction of sp³-hybridized carbons (Fsp3) is 0.214. The number of hydrogen-bond donors (Lipinski definition) is 0. The minimum atomic E-state index is -2.47. The van der Waals surface area contributed by atoms with E-state index in [0.717, 1.165) is 29.0 Å². The van der Waals surface area contributed by atoms with Crippen LogP contribution in [0, 0.1) is 5.41 Å². The van der Waals surface area contributed by atoms with Crippen molar-refractivity contribution in [3.05, 3.63) is 85.5 Å². The van der Waals surface area contributed by atoms with Crippen LogP contribution in [0.15, 0.2) is 85.5 Å². The molecule has 0 spiro atoms. The van der Waals surface area contributed by atoms with Crippen molar-refractivity contribution in [1.29, 1.82) is 0 Å². The first kappa shape index (κ1) is 21.5. The van der Waals surface area contributed by atoms with Gasteiger partial charge in [0.05, 0.1) is 0 Å². The third kappa shape index (κ3) is 3.54. The molecule has 4 heteroatoms. The zero-order valence-corrected chi connectivity index (χ0v) is 21.3. The summed E-state index contributed by atoms with van der Waals surface area (Å²) in [4.78, 5) is 0. The van der Waals surface area contributed by atoms with Gasteiger partial charge in [-0.05, 0) is 0 Å². The van der Waals surface area contributed by atoms with Gasteiger partial charge < -0.3 is 0 Å². The van der Waals surface area contributed by atoms with Gasteiger partial charge in [-0.3, -0.25) is 0 Å². The first-order valence-electron chi connectivity index (χ1n) is 11.0. The molecule has 0 aliphatic carbocycles. The Morgan fingerprint density at radius 2 is 1.28 bits per heavy atom. The molecule has 1 aliphatic heterocycles. The van der Waals surface area contributed by atoms with Crippen LogP contribution < -0.4 is 9.05 Å². The summed E-state index contributed by atoms with van der Waals surface area (Å²) >= 11 is 3.42. The molecule has 1 atom stereocenters. The van der Waals surface area contributed by atoms with Crippen molar-refractivity contribution >= 4 is 42.6 Å². The minimum absolute atomic E-state index is 0.0222. The van der Waals surface area contributed by atoms with E-state index in [-0.39, 0.29) is 11.1 Å². The summed E-state index contributed by atoms with van der Waals surface area (Å²) in [7, 11) is 0. The Morgan fingerprint density at radius 3 is 1.72 bits per heavy atom. The summed E-state index contributed by atoms with van der Waals surface area (Å²) in [5, 5.41) is 4.74. The Morgan fingerprint density at radius 1 is 0.812 bits per heavy atom. The Labute approximate surface area is 197 Å². The van der Waals surface area contributed by atoms with E-state index in [4.69, 9.17) is 9.05 Å². The van der Waals surface area contributed by atoms with Crippen molar-refractivity contribution in [2.45, 2.75) is 32.9 Å². The van der Waals surface area contributed by atoms with E-state index in [1.54, 1.807) is 0 Å². The number of allylic oxidation sites excluding steroid dienone is 1. The summed E-state index contributed by atoms with van der Waals surface area (Å²) in [6, 6.07) is 25.5. The molecule has 0 unspecified atom stereocenters. The molecule has 0 fully saturated rings. The third-order valence-electron chi connectivity index (χ3n) is 6.25. The molecule has 1 heterocycles. The van der Waals surface area contributed by atoms with Crippen LogP contribution in [0.5, 0.6) is 11.5 Å². The third-order valence-corrected chi connectivity index (χ3v) is 11.4. The van der Waals surface area contributed by atoms with E-state index in [2.05, 4.69) is 115 Å². The van der Waals surface area contributed by atoms with Gasteiger partial charge in [0, 0.05) is 0 Å². The van der Waals surface area contributed by atoms with Gasteiger partial charge in [0.2, 0.25) is 0 Å². The Bertz CT molecular complexity index is 1310. The van der Waals surface area contributed by atoms with Gasteiger partial charge in [0.1, 0.15) is 0 Å². The molecule has 2 nitrogen and oxygen atoms in total. The molecule has 0 aromatic heterocycles. The van der Waals surface area contributed by atoms with E-state index in [0.29, 0.717) is 0 Å². The number of hydrogen-bond acceptors (Lipinski definition) is 2. The van der Waals surface area contributed by atoms with E-state index in [9.17, 15) is 0 Å². The van der Waals surface area contributed by atoms with Crippen LogP contribution in [0.4, 0.5) is 0 Å². The topological polar surface area (TPSA) is 18.5 Å². The molecule has 32 heavy (non-hydrogen) atoms. The van der Waals surface area contributed by atoms with Gasteiger partial charge in [0.25, 0.3) is 0 Å². The van der Waals surface area contributed by atoms with Crippen LogP contribution in [0.3, 0.4) is 0 Å². The molecular weight excluding hydrogens is 478 g/mol. The SMILES string of the molecule is C=CC[C@@H](C(C)(C)C)P1(=[Se])Oc2ccc3ccccc3c2-c2c(ccc3ccccc23)O1. The van der Waals surface area contributed by atoms with Crippen molar-refractivity contribution in [3.8, 4) is 22.6 Å². The monoisotopic (exact) mass is 506 g/mol. The van der Waals surface area contributed by atoms with Gasteiger partial charge in [-0.1, -0.05) is 0 Å². The molecule has 0 amide bonds. The molecular formula is C28H27O2PSe. The van der Waals surface area contributed by atoms with Gasteiger partial charge in [0.15, 0.2) is 0 Å². The van der Waals surface area contributed by atoms with E-state index >= 15 is 0 Å². The van der Waals surface area contributed by atoms with Gasteiger partial charge in [-0.15, -0.1) is 0 Å². The quantitative estimate of drug-likeness (QED) is 0.158. The molecule has 5 rings (SSSR count). The van der Waals surface area contributed by atoms with Gasteiger partial charge >= 0.3 is 198 Å². The van der Waals surface area contributed by atoms with Crippen molar-refractivity contribution in [2.75, 3.05) is 0 Å². The molecule has 0 bridgehead atoms. The van der Waals surface area contributed by atoms with Crippen molar-refractivity contribution in [1.82, 2.24) is 0 Å². The molecule has 4 aromatic carbocycles. The predicted molar refractivity (Wildman–Crippen MR) is 139 cm³/mol. The average molecular weight is 505 g/mol. The summed E-state index contributed by atoms with van der Waals surface area (Å²) in [6.45, 7) is 10.8. The maximum atomic E-state index is 6.91. The second-order valence-electron chi connectivity index (χ2n) is 9.45. The number of rotatable bonds is 3. The summed E-state index contributed by atoms with van der Waals surface area (Å²) in [5.74, 6) is -0.714. The first-order valence-corrected chi connectivity index (χ1v) is 14.9. The second kappa shape index (κ2) is 7.92. The average Bonchev–Trinajstić information content (AvgIpc) is 2.90. The Hall–Kier alpha value is -2.31. The summed E-state index contributed by atoms with van der Waals surface area (Å²) < 4.78 is 13.8. The predicted octanol–water partition coefficient (Wildman–Crippen LogP) is 8.35. The molecule has 0 saturated heterocycles. The molecule has 0 N–H and O–H groups in total. The van der Waals surface area contributed by atoms with Crippen LogP contribution >= 0.6 is 5.96 Å². The summed E-state index contributed by atoms with van der Waals surface area (Å²) in [6.07, 6.45) is 2.80. The molecule has 162 valence electrons.